The van der Waals surface area contributed by atoms with Gasteiger partial charge in [-0.2, -0.15) is 0 Å². The predicted octanol–water partition coefficient (Wildman–Crippen LogP) is 5.63. The summed E-state index contributed by atoms with van der Waals surface area (Å²) in [7, 11) is 0. The van der Waals surface area contributed by atoms with Gasteiger partial charge in [0.05, 0.1) is 0 Å². The molecule has 0 radical (unpaired) electrons. The van der Waals surface area contributed by atoms with Gasteiger partial charge in [0, 0.05) is 10.0 Å². The van der Waals surface area contributed by atoms with Crippen molar-refractivity contribution >= 4 is 15.9 Å². The highest BCUT2D eigenvalue weighted by molar-refractivity contribution is 9.10. The standard InChI is InChI=1S/C18H21BrO/c1-13-10-17(15(11-16(13)19)18(2,3)4)20-12-14-8-6-5-7-9-14/h5-11H,12H2,1-4H3. The quantitative estimate of drug-likeness (QED) is 0.707. The molecule has 2 aromatic rings. The molecule has 0 atom stereocenters. The summed E-state index contributed by atoms with van der Waals surface area (Å²) in [5, 5.41) is 0. The number of ether oxygens (including phenoxy) is 1. The highest BCUT2D eigenvalue weighted by atomic mass is 79.9. The molecule has 0 bridgehead atoms. The van der Waals surface area contributed by atoms with Gasteiger partial charge in [0.1, 0.15) is 12.4 Å². The molecule has 1 nitrogen and oxygen atoms in total. The van der Waals surface area contributed by atoms with Crippen molar-refractivity contribution in [2.45, 2.75) is 39.7 Å². The first-order chi connectivity index (χ1) is 9.38. The predicted molar refractivity (Wildman–Crippen MR) is 88.4 cm³/mol. The first-order valence-electron chi connectivity index (χ1n) is 6.85. The van der Waals surface area contributed by atoms with Crippen molar-refractivity contribution in [2.75, 3.05) is 0 Å². The van der Waals surface area contributed by atoms with E-state index in [-0.39, 0.29) is 5.41 Å². The topological polar surface area (TPSA) is 9.23 Å². The molecule has 0 unspecified atom stereocenters. The number of benzene rings is 2. The van der Waals surface area contributed by atoms with Crippen LogP contribution in [0.2, 0.25) is 0 Å². The van der Waals surface area contributed by atoms with Gasteiger partial charge >= 0.3 is 0 Å². The Kier molecular flexibility index (Phi) is 4.54. The molecule has 0 aliphatic carbocycles. The first-order valence-corrected chi connectivity index (χ1v) is 7.64. The SMILES string of the molecule is Cc1cc(OCc2ccccc2)c(C(C)(C)C)cc1Br. The molecule has 0 saturated carbocycles. The molecule has 0 aliphatic heterocycles. The molecule has 20 heavy (non-hydrogen) atoms. The van der Waals surface area contributed by atoms with E-state index in [4.69, 9.17) is 4.74 Å². The van der Waals surface area contributed by atoms with Crippen LogP contribution in [0.5, 0.6) is 5.75 Å². The van der Waals surface area contributed by atoms with Gasteiger partial charge in [-0.3, -0.25) is 0 Å². The van der Waals surface area contributed by atoms with Gasteiger partial charge in [0.15, 0.2) is 0 Å². The molecule has 0 aliphatic rings. The molecule has 0 heterocycles. The average molecular weight is 333 g/mol. The third-order valence-corrected chi connectivity index (χ3v) is 4.16. The van der Waals surface area contributed by atoms with Crippen LogP contribution in [0.4, 0.5) is 0 Å². The molecule has 0 saturated heterocycles. The van der Waals surface area contributed by atoms with Gasteiger partial charge in [-0.15, -0.1) is 0 Å². The van der Waals surface area contributed by atoms with Crippen LogP contribution in [0.1, 0.15) is 37.5 Å². The van der Waals surface area contributed by atoms with E-state index in [2.05, 4.69) is 67.9 Å². The number of hydrogen-bond donors (Lipinski definition) is 0. The number of halogens is 1. The average Bonchev–Trinajstić information content (AvgIpc) is 2.39. The van der Waals surface area contributed by atoms with Crippen LogP contribution in [0, 0.1) is 6.92 Å². The fraction of sp³-hybridized carbons (Fsp3) is 0.333. The Bertz CT molecular complexity index is 582. The monoisotopic (exact) mass is 332 g/mol. The van der Waals surface area contributed by atoms with Crippen molar-refractivity contribution in [1.82, 2.24) is 0 Å². The van der Waals surface area contributed by atoms with Crippen LogP contribution in [0.25, 0.3) is 0 Å². The molecule has 0 aromatic heterocycles. The van der Waals surface area contributed by atoms with E-state index < -0.39 is 0 Å². The zero-order chi connectivity index (χ0) is 14.8. The first kappa shape index (κ1) is 15.1. The van der Waals surface area contributed by atoms with Gasteiger partial charge < -0.3 is 4.74 Å². The zero-order valence-electron chi connectivity index (χ0n) is 12.5. The largest absolute Gasteiger partial charge is 0.489 e. The van der Waals surface area contributed by atoms with Crippen LogP contribution in [0.15, 0.2) is 46.9 Å². The number of aryl methyl sites for hydroxylation is 1. The minimum Gasteiger partial charge on any atom is -0.489 e. The van der Waals surface area contributed by atoms with Crippen molar-refractivity contribution in [1.29, 1.82) is 0 Å². The molecule has 2 aromatic carbocycles. The number of rotatable bonds is 3. The van der Waals surface area contributed by atoms with Crippen LogP contribution in [-0.4, -0.2) is 0 Å². The third kappa shape index (κ3) is 3.63. The molecule has 0 amide bonds. The fourth-order valence-corrected chi connectivity index (χ4v) is 2.44. The summed E-state index contributed by atoms with van der Waals surface area (Å²) >= 11 is 3.61. The lowest BCUT2D eigenvalue weighted by Crippen LogP contribution is -2.14. The molecule has 2 rings (SSSR count). The Hall–Kier alpha value is -1.28. The highest BCUT2D eigenvalue weighted by Crippen LogP contribution is 2.35. The van der Waals surface area contributed by atoms with E-state index in [0.717, 1.165) is 10.2 Å². The second-order valence-electron chi connectivity index (χ2n) is 6.12. The molecular weight excluding hydrogens is 312 g/mol. The summed E-state index contributed by atoms with van der Waals surface area (Å²) in [5.41, 5.74) is 3.67. The molecule has 0 fully saturated rings. The minimum absolute atomic E-state index is 0.0578. The fourth-order valence-electron chi connectivity index (χ4n) is 2.10. The van der Waals surface area contributed by atoms with Crippen molar-refractivity contribution in [3.05, 3.63) is 63.6 Å². The Morgan fingerprint density at radius 3 is 2.30 bits per heavy atom. The Morgan fingerprint density at radius 2 is 1.70 bits per heavy atom. The smallest absolute Gasteiger partial charge is 0.123 e. The Balaban J connectivity index is 2.28. The van der Waals surface area contributed by atoms with Crippen LogP contribution in [-0.2, 0) is 12.0 Å². The molecular formula is C18H21BrO. The van der Waals surface area contributed by atoms with Crippen LogP contribution in [0.3, 0.4) is 0 Å². The van der Waals surface area contributed by atoms with E-state index in [1.54, 1.807) is 0 Å². The van der Waals surface area contributed by atoms with Gasteiger partial charge in [-0.05, 0) is 35.6 Å². The van der Waals surface area contributed by atoms with E-state index in [0.29, 0.717) is 6.61 Å². The summed E-state index contributed by atoms with van der Waals surface area (Å²) in [6.45, 7) is 9.31. The second kappa shape index (κ2) is 6.01. The summed E-state index contributed by atoms with van der Waals surface area (Å²) in [5.74, 6) is 0.974. The lowest BCUT2D eigenvalue weighted by atomic mass is 9.86. The van der Waals surface area contributed by atoms with E-state index in [9.17, 15) is 0 Å². The van der Waals surface area contributed by atoms with Crippen LogP contribution < -0.4 is 4.74 Å². The van der Waals surface area contributed by atoms with Gasteiger partial charge in [-0.25, -0.2) is 0 Å². The lowest BCUT2D eigenvalue weighted by Gasteiger charge is -2.24. The maximum atomic E-state index is 6.06. The molecule has 0 spiro atoms. The van der Waals surface area contributed by atoms with Gasteiger partial charge in [0.2, 0.25) is 0 Å². The Labute approximate surface area is 130 Å². The summed E-state index contributed by atoms with van der Waals surface area (Å²) in [4.78, 5) is 0. The van der Waals surface area contributed by atoms with E-state index >= 15 is 0 Å². The molecule has 2 heteroatoms. The van der Waals surface area contributed by atoms with Crippen molar-refractivity contribution in [2.24, 2.45) is 0 Å². The van der Waals surface area contributed by atoms with Crippen molar-refractivity contribution < 1.29 is 4.74 Å². The van der Waals surface area contributed by atoms with Crippen molar-refractivity contribution in [3.8, 4) is 5.75 Å². The van der Waals surface area contributed by atoms with E-state index in [1.807, 2.05) is 18.2 Å². The second-order valence-corrected chi connectivity index (χ2v) is 6.98. The third-order valence-electron chi connectivity index (χ3n) is 3.31. The summed E-state index contributed by atoms with van der Waals surface area (Å²) in [6.07, 6.45) is 0. The van der Waals surface area contributed by atoms with Crippen LogP contribution >= 0.6 is 15.9 Å². The van der Waals surface area contributed by atoms with E-state index in [1.165, 1.54) is 16.7 Å². The maximum Gasteiger partial charge on any atom is 0.123 e. The highest BCUT2D eigenvalue weighted by Gasteiger charge is 2.20. The Morgan fingerprint density at radius 1 is 1.05 bits per heavy atom. The minimum atomic E-state index is 0.0578. The zero-order valence-corrected chi connectivity index (χ0v) is 14.1. The lowest BCUT2D eigenvalue weighted by molar-refractivity contribution is 0.297. The van der Waals surface area contributed by atoms with Gasteiger partial charge in [0.25, 0.3) is 0 Å². The molecule has 106 valence electrons. The number of hydrogen-bond acceptors (Lipinski definition) is 1. The maximum absolute atomic E-state index is 6.06. The van der Waals surface area contributed by atoms with Gasteiger partial charge in [-0.1, -0.05) is 67.0 Å². The summed E-state index contributed by atoms with van der Waals surface area (Å²) in [6, 6.07) is 14.6. The normalized spacial score (nSPS) is 11.4. The summed E-state index contributed by atoms with van der Waals surface area (Å²) < 4.78 is 7.20. The molecule has 0 N–H and O–H groups in total. The van der Waals surface area contributed by atoms with Crippen molar-refractivity contribution in [3.63, 3.8) is 0 Å².